The van der Waals surface area contributed by atoms with Crippen LogP contribution in [0.3, 0.4) is 0 Å². The predicted molar refractivity (Wildman–Crippen MR) is 128 cm³/mol. The molecule has 0 unspecified atom stereocenters. The van der Waals surface area contributed by atoms with E-state index in [0.29, 0.717) is 5.56 Å². The fourth-order valence-corrected chi connectivity index (χ4v) is 2.79. The predicted octanol–water partition coefficient (Wildman–Crippen LogP) is 4.96. The van der Waals surface area contributed by atoms with E-state index in [2.05, 4.69) is 57.9 Å². The summed E-state index contributed by atoms with van der Waals surface area (Å²) < 4.78 is 1.95. The van der Waals surface area contributed by atoms with Gasteiger partial charge in [-0.25, -0.2) is 5.43 Å². The van der Waals surface area contributed by atoms with Crippen LogP contribution in [0.1, 0.15) is 21.5 Å². The van der Waals surface area contributed by atoms with Crippen molar-refractivity contribution in [3.05, 3.63) is 104 Å². The number of hydrogen-bond donors (Lipinski definition) is 2. The summed E-state index contributed by atoms with van der Waals surface area (Å²) in [6.45, 7) is 0. The normalized spacial score (nSPS) is 11.7. The van der Waals surface area contributed by atoms with Crippen LogP contribution < -0.4 is 10.7 Å². The van der Waals surface area contributed by atoms with Crippen LogP contribution in [0.4, 0.5) is 0 Å². The Morgan fingerprint density at radius 1 is 0.767 bits per heavy atom. The maximum atomic E-state index is 12.5. The first-order chi connectivity index (χ1) is 14.6. The molecule has 8 heteroatoms. The van der Waals surface area contributed by atoms with E-state index in [1.807, 2.05) is 54.6 Å². The van der Waals surface area contributed by atoms with Gasteiger partial charge in [0.05, 0.1) is 12.4 Å². The number of halogens is 2. The molecular weight excluding hydrogens is 510 g/mol. The van der Waals surface area contributed by atoms with Gasteiger partial charge in [-0.05, 0) is 47.5 Å². The Labute approximate surface area is 191 Å². The zero-order valence-corrected chi connectivity index (χ0v) is 18.8. The van der Waals surface area contributed by atoms with Crippen LogP contribution in [0.15, 0.2) is 103 Å². The van der Waals surface area contributed by atoms with Gasteiger partial charge in [-0.1, -0.05) is 74.3 Å². The highest BCUT2D eigenvalue weighted by molar-refractivity contribution is 9.10. The number of hydrazone groups is 1. The van der Waals surface area contributed by atoms with Crippen molar-refractivity contribution in [2.75, 3.05) is 0 Å². The van der Waals surface area contributed by atoms with Gasteiger partial charge in [0, 0.05) is 14.5 Å². The monoisotopic (exact) mass is 525 g/mol. The van der Waals surface area contributed by atoms with Crippen molar-refractivity contribution in [2.24, 2.45) is 15.3 Å². The van der Waals surface area contributed by atoms with Crippen LogP contribution in [0.5, 0.6) is 0 Å². The molecule has 0 aliphatic carbocycles. The standard InChI is InChI=1S/C22H17Br2N5O/c23-19-10-6-16(7-11-19)14-25-28-22(27-21(30)18-4-2-1-3-5-18)29-26-15-17-8-12-20(24)13-9-17/h1-15H,(H2,27,28,29,30)/b25-14+,26-15+. The summed E-state index contributed by atoms with van der Waals surface area (Å²) >= 11 is 6.78. The Bertz CT molecular complexity index is 1060. The smallest absolute Gasteiger partial charge is 0.258 e. The highest BCUT2D eigenvalue weighted by atomic mass is 79.9. The zero-order chi connectivity index (χ0) is 21.2. The molecule has 1 amide bonds. The average molecular weight is 527 g/mol. The molecule has 0 saturated heterocycles. The minimum absolute atomic E-state index is 0.102. The lowest BCUT2D eigenvalue weighted by atomic mass is 10.2. The molecule has 2 N–H and O–H groups in total. The van der Waals surface area contributed by atoms with E-state index in [-0.39, 0.29) is 11.9 Å². The van der Waals surface area contributed by atoms with Gasteiger partial charge in [-0.3, -0.25) is 10.1 Å². The number of benzene rings is 3. The van der Waals surface area contributed by atoms with Crippen LogP contribution in [-0.4, -0.2) is 24.3 Å². The highest BCUT2D eigenvalue weighted by Crippen LogP contribution is 2.09. The van der Waals surface area contributed by atoms with Gasteiger partial charge in [0.25, 0.3) is 5.91 Å². The maximum absolute atomic E-state index is 12.5. The van der Waals surface area contributed by atoms with Crippen molar-refractivity contribution in [3.63, 3.8) is 0 Å². The van der Waals surface area contributed by atoms with Crippen LogP contribution in [0.2, 0.25) is 0 Å². The number of nitrogens with one attached hydrogen (secondary N) is 2. The lowest BCUT2D eigenvalue weighted by molar-refractivity contribution is 0.0975. The van der Waals surface area contributed by atoms with Crippen molar-refractivity contribution >= 4 is 56.2 Å². The molecule has 0 aliphatic rings. The van der Waals surface area contributed by atoms with Crippen LogP contribution in [0.25, 0.3) is 0 Å². The zero-order valence-electron chi connectivity index (χ0n) is 15.7. The van der Waals surface area contributed by atoms with Crippen molar-refractivity contribution in [2.45, 2.75) is 0 Å². The molecule has 0 bridgehead atoms. The molecule has 30 heavy (non-hydrogen) atoms. The maximum Gasteiger partial charge on any atom is 0.258 e. The fraction of sp³-hybridized carbons (Fsp3) is 0. The quantitative estimate of drug-likeness (QED) is 0.280. The second-order valence-electron chi connectivity index (χ2n) is 5.99. The molecule has 0 saturated carbocycles. The molecule has 0 spiro atoms. The van der Waals surface area contributed by atoms with E-state index < -0.39 is 0 Å². The lowest BCUT2D eigenvalue weighted by Crippen LogP contribution is -2.38. The third-order valence-electron chi connectivity index (χ3n) is 3.76. The second-order valence-corrected chi connectivity index (χ2v) is 7.82. The Balaban J connectivity index is 1.73. The van der Waals surface area contributed by atoms with Gasteiger partial charge in [-0.15, -0.1) is 5.10 Å². The third kappa shape index (κ3) is 7.06. The van der Waals surface area contributed by atoms with Gasteiger partial charge < -0.3 is 0 Å². The summed E-state index contributed by atoms with van der Waals surface area (Å²) in [6, 6.07) is 24.1. The summed E-state index contributed by atoms with van der Waals surface area (Å²) in [4.78, 5) is 12.5. The lowest BCUT2D eigenvalue weighted by Gasteiger charge is -2.06. The van der Waals surface area contributed by atoms with E-state index in [1.165, 1.54) is 0 Å². The van der Waals surface area contributed by atoms with Gasteiger partial charge >= 0.3 is 0 Å². The van der Waals surface area contributed by atoms with Gasteiger partial charge in [-0.2, -0.15) is 10.2 Å². The Kier molecular flexibility index (Phi) is 8.05. The summed E-state index contributed by atoms with van der Waals surface area (Å²) in [5.41, 5.74) is 4.99. The minimum atomic E-state index is -0.320. The summed E-state index contributed by atoms with van der Waals surface area (Å²) in [5, 5.41) is 14.9. The van der Waals surface area contributed by atoms with E-state index in [4.69, 9.17) is 0 Å². The average Bonchev–Trinajstić information content (AvgIpc) is 2.77. The van der Waals surface area contributed by atoms with Crippen molar-refractivity contribution in [1.82, 2.24) is 10.7 Å². The van der Waals surface area contributed by atoms with Crippen LogP contribution >= 0.6 is 31.9 Å². The molecule has 3 rings (SSSR count). The fourth-order valence-electron chi connectivity index (χ4n) is 2.26. The summed E-state index contributed by atoms with van der Waals surface area (Å²) in [5.74, 6) is -0.217. The first kappa shape index (κ1) is 21.6. The van der Waals surface area contributed by atoms with E-state index in [1.54, 1.807) is 36.7 Å². The van der Waals surface area contributed by atoms with Gasteiger partial charge in [0.1, 0.15) is 0 Å². The Hall–Kier alpha value is -3.10. The molecule has 3 aromatic carbocycles. The molecule has 0 fully saturated rings. The van der Waals surface area contributed by atoms with Crippen molar-refractivity contribution in [1.29, 1.82) is 0 Å². The summed E-state index contributed by atoms with van der Waals surface area (Å²) in [7, 11) is 0. The van der Waals surface area contributed by atoms with Crippen molar-refractivity contribution in [3.8, 4) is 0 Å². The minimum Gasteiger partial charge on any atom is -0.290 e. The number of nitrogens with zero attached hydrogens (tertiary/aromatic N) is 3. The molecular formula is C22H17Br2N5O. The number of hydrogen-bond acceptors (Lipinski definition) is 4. The van der Waals surface area contributed by atoms with E-state index in [9.17, 15) is 4.79 Å². The van der Waals surface area contributed by atoms with E-state index in [0.717, 1.165) is 20.1 Å². The molecule has 6 nitrogen and oxygen atoms in total. The molecule has 0 aromatic heterocycles. The largest absolute Gasteiger partial charge is 0.290 e. The van der Waals surface area contributed by atoms with Gasteiger partial charge in [0.15, 0.2) is 0 Å². The Morgan fingerprint density at radius 2 is 1.33 bits per heavy atom. The summed E-state index contributed by atoms with van der Waals surface area (Å²) in [6.07, 6.45) is 3.20. The number of guanidine groups is 1. The number of rotatable bonds is 5. The van der Waals surface area contributed by atoms with Crippen molar-refractivity contribution < 1.29 is 4.79 Å². The molecule has 0 heterocycles. The first-order valence-electron chi connectivity index (χ1n) is 8.88. The number of amides is 1. The molecule has 150 valence electrons. The van der Waals surface area contributed by atoms with Gasteiger partial charge in [0.2, 0.25) is 5.96 Å². The Morgan fingerprint density at radius 3 is 1.93 bits per heavy atom. The van der Waals surface area contributed by atoms with Crippen LogP contribution in [-0.2, 0) is 0 Å². The SMILES string of the molecule is O=C(N/C(=N/N=C/c1ccc(Br)cc1)N/N=C/c1ccc(Br)cc1)c1ccccc1. The third-order valence-corrected chi connectivity index (χ3v) is 4.81. The first-order valence-corrected chi connectivity index (χ1v) is 10.5. The van der Waals surface area contributed by atoms with Crippen LogP contribution in [0, 0.1) is 0 Å². The molecule has 0 atom stereocenters. The topological polar surface area (TPSA) is 78.2 Å². The number of carbonyl (C=O) groups is 1. The molecule has 3 aromatic rings. The second kappa shape index (κ2) is 11.2. The molecule has 0 radical (unpaired) electrons. The number of carbonyl (C=O) groups excluding carboxylic acids is 1. The molecule has 0 aliphatic heterocycles. The highest BCUT2D eigenvalue weighted by Gasteiger charge is 2.07. The van der Waals surface area contributed by atoms with E-state index >= 15 is 0 Å².